The van der Waals surface area contributed by atoms with Gasteiger partial charge in [-0.3, -0.25) is 9.59 Å². The van der Waals surface area contributed by atoms with Gasteiger partial charge in [0, 0.05) is 49.1 Å². The third-order valence-electron chi connectivity index (χ3n) is 5.40. The molecule has 0 radical (unpaired) electrons. The first kappa shape index (κ1) is 21.3. The highest BCUT2D eigenvalue weighted by atomic mass is 19.1. The smallest absolute Gasteiger partial charge is 0.300 e. The van der Waals surface area contributed by atoms with Gasteiger partial charge in [0.2, 0.25) is 5.91 Å². The summed E-state index contributed by atoms with van der Waals surface area (Å²) in [6.45, 7) is 3.22. The van der Waals surface area contributed by atoms with Gasteiger partial charge < -0.3 is 25.0 Å². The van der Waals surface area contributed by atoms with Crippen LogP contribution in [-0.4, -0.2) is 59.2 Å². The normalized spacial score (nSPS) is 23.6. The number of fused-ring (bicyclic) bond motifs is 2. The molecule has 29 heavy (non-hydrogen) atoms. The predicted molar refractivity (Wildman–Crippen MR) is 107 cm³/mol. The number of rotatable bonds is 3. The number of benzene rings is 1. The minimum Gasteiger partial charge on any atom is -0.481 e. The number of aromatic amines is 1. The van der Waals surface area contributed by atoms with E-state index in [9.17, 15) is 9.18 Å². The molecule has 1 aliphatic carbocycles. The van der Waals surface area contributed by atoms with Crippen molar-refractivity contribution in [2.45, 2.75) is 44.9 Å². The molecule has 1 saturated carbocycles. The van der Waals surface area contributed by atoms with Gasteiger partial charge in [0.05, 0.1) is 19.3 Å². The maximum atomic E-state index is 13.3. The van der Waals surface area contributed by atoms with Crippen LogP contribution in [0.2, 0.25) is 0 Å². The largest absolute Gasteiger partial charge is 0.481 e. The molecule has 1 aromatic carbocycles. The number of amides is 1. The first-order chi connectivity index (χ1) is 13.8. The summed E-state index contributed by atoms with van der Waals surface area (Å²) in [6, 6.07) is 6.88. The number of hydrogen-bond acceptors (Lipinski definition) is 4. The van der Waals surface area contributed by atoms with Crippen LogP contribution < -0.4 is 5.32 Å². The number of ether oxygens (including phenoxy) is 1. The number of aliphatic carboxylic acids is 1. The average molecular weight is 405 g/mol. The van der Waals surface area contributed by atoms with E-state index in [-0.39, 0.29) is 23.7 Å². The lowest BCUT2D eigenvalue weighted by Gasteiger charge is -2.40. The average Bonchev–Trinajstić information content (AvgIpc) is 3.07. The minimum absolute atomic E-state index is 0.0438. The number of carboxylic acid groups (broad SMARTS) is 1. The lowest BCUT2D eigenvalue weighted by molar-refractivity contribution is -0.138. The molecule has 2 fully saturated rings. The van der Waals surface area contributed by atoms with Crippen molar-refractivity contribution in [3.63, 3.8) is 0 Å². The van der Waals surface area contributed by atoms with Crippen LogP contribution in [0.3, 0.4) is 0 Å². The molecule has 158 valence electrons. The van der Waals surface area contributed by atoms with Gasteiger partial charge in [-0.05, 0) is 43.5 Å². The first-order valence-electron chi connectivity index (χ1n) is 9.90. The number of morpholine rings is 1. The molecular weight excluding hydrogens is 377 g/mol. The van der Waals surface area contributed by atoms with E-state index in [0.29, 0.717) is 12.6 Å². The predicted octanol–water partition coefficient (Wildman–Crippen LogP) is 2.51. The summed E-state index contributed by atoms with van der Waals surface area (Å²) >= 11 is 0. The third kappa shape index (κ3) is 5.55. The molecule has 0 unspecified atom stereocenters. The number of nitrogens with zero attached hydrogens (tertiary/aromatic N) is 1. The van der Waals surface area contributed by atoms with Crippen molar-refractivity contribution < 1.29 is 23.8 Å². The van der Waals surface area contributed by atoms with E-state index in [4.69, 9.17) is 14.6 Å². The highest BCUT2D eigenvalue weighted by molar-refractivity contribution is 5.81. The molecule has 7 nitrogen and oxygen atoms in total. The van der Waals surface area contributed by atoms with Gasteiger partial charge in [-0.1, -0.05) is 0 Å². The standard InChI is InChI=1S/C19H24FN3O2.C2H4O2/c1-23(11-15-9-13-8-14(20)3-4-16(13)22-15)19(24)12-2-5-18-17(10-12)21-6-7-25-18;1-2(3)4/h3-4,8-9,12,17-18,21-22H,2,5-7,10-11H2,1H3;1H3,(H,3,4)/t12-,17+,18+;/m0./s1. The van der Waals surface area contributed by atoms with Crippen LogP contribution in [0, 0.1) is 11.7 Å². The fraction of sp³-hybridized carbons (Fsp3) is 0.524. The van der Waals surface area contributed by atoms with Crippen LogP contribution >= 0.6 is 0 Å². The summed E-state index contributed by atoms with van der Waals surface area (Å²) in [5, 5.41) is 11.7. The van der Waals surface area contributed by atoms with Crippen LogP contribution in [-0.2, 0) is 20.9 Å². The van der Waals surface area contributed by atoms with Crippen molar-refractivity contribution in [1.29, 1.82) is 0 Å². The van der Waals surface area contributed by atoms with Gasteiger partial charge in [-0.25, -0.2) is 4.39 Å². The van der Waals surface area contributed by atoms with Crippen LogP contribution in [0.4, 0.5) is 4.39 Å². The molecule has 1 amide bonds. The number of carboxylic acids is 1. The van der Waals surface area contributed by atoms with Crippen molar-refractivity contribution in [2.75, 3.05) is 20.2 Å². The Morgan fingerprint density at radius 1 is 1.31 bits per heavy atom. The quantitative estimate of drug-likeness (QED) is 0.730. The molecule has 1 aliphatic heterocycles. The topological polar surface area (TPSA) is 94.7 Å². The summed E-state index contributed by atoms with van der Waals surface area (Å²) in [6.07, 6.45) is 2.91. The fourth-order valence-corrected chi connectivity index (χ4v) is 4.13. The van der Waals surface area contributed by atoms with Crippen molar-refractivity contribution in [2.24, 2.45) is 5.92 Å². The molecule has 0 bridgehead atoms. The Labute approximate surface area is 169 Å². The van der Waals surface area contributed by atoms with Gasteiger partial charge in [-0.15, -0.1) is 0 Å². The monoisotopic (exact) mass is 405 g/mol. The van der Waals surface area contributed by atoms with Crippen LogP contribution in [0.25, 0.3) is 10.9 Å². The Kier molecular flexibility index (Phi) is 6.87. The van der Waals surface area contributed by atoms with E-state index in [0.717, 1.165) is 55.9 Å². The molecule has 0 spiro atoms. The van der Waals surface area contributed by atoms with Crippen LogP contribution in [0.1, 0.15) is 31.9 Å². The number of halogens is 1. The Morgan fingerprint density at radius 3 is 2.83 bits per heavy atom. The molecule has 3 N–H and O–H groups in total. The molecule has 8 heteroatoms. The summed E-state index contributed by atoms with van der Waals surface area (Å²) < 4.78 is 19.1. The molecule has 2 heterocycles. The summed E-state index contributed by atoms with van der Waals surface area (Å²) in [7, 11) is 1.84. The van der Waals surface area contributed by atoms with Crippen molar-refractivity contribution in [1.82, 2.24) is 15.2 Å². The maximum Gasteiger partial charge on any atom is 0.300 e. The second kappa shape index (κ2) is 9.37. The summed E-state index contributed by atoms with van der Waals surface area (Å²) in [5.41, 5.74) is 1.81. The zero-order chi connectivity index (χ0) is 21.0. The lowest BCUT2D eigenvalue weighted by Crippen LogP contribution is -2.53. The fourth-order valence-electron chi connectivity index (χ4n) is 4.13. The van der Waals surface area contributed by atoms with E-state index >= 15 is 0 Å². The maximum absolute atomic E-state index is 13.3. The Hall–Kier alpha value is -2.45. The number of nitrogens with one attached hydrogen (secondary N) is 2. The van der Waals surface area contributed by atoms with E-state index in [1.807, 2.05) is 13.1 Å². The van der Waals surface area contributed by atoms with Gasteiger partial charge in [-0.2, -0.15) is 0 Å². The third-order valence-corrected chi connectivity index (χ3v) is 5.40. The van der Waals surface area contributed by atoms with Crippen molar-refractivity contribution in [3.8, 4) is 0 Å². The van der Waals surface area contributed by atoms with Gasteiger partial charge in [0.1, 0.15) is 5.82 Å². The highest BCUT2D eigenvalue weighted by Gasteiger charge is 2.36. The molecule has 4 rings (SSSR count). The molecule has 2 aliphatic rings. The van der Waals surface area contributed by atoms with E-state index in [1.165, 1.54) is 12.1 Å². The zero-order valence-electron chi connectivity index (χ0n) is 16.8. The van der Waals surface area contributed by atoms with Gasteiger partial charge >= 0.3 is 0 Å². The van der Waals surface area contributed by atoms with Crippen molar-refractivity contribution >= 4 is 22.8 Å². The lowest BCUT2D eigenvalue weighted by atomic mass is 9.82. The Morgan fingerprint density at radius 2 is 2.07 bits per heavy atom. The first-order valence-corrected chi connectivity index (χ1v) is 9.90. The summed E-state index contributed by atoms with van der Waals surface area (Å²) in [5.74, 6) is -0.862. The van der Waals surface area contributed by atoms with Gasteiger partial charge in [0.25, 0.3) is 5.97 Å². The number of aromatic nitrogens is 1. The molecule has 1 saturated heterocycles. The van der Waals surface area contributed by atoms with Crippen LogP contribution in [0.15, 0.2) is 24.3 Å². The number of carbonyl (C=O) groups excluding carboxylic acids is 1. The number of carbonyl (C=O) groups is 2. The van der Waals surface area contributed by atoms with Gasteiger partial charge in [0.15, 0.2) is 0 Å². The van der Waals surface area contributed by atoms with E-state index in [2.05, 4.69) is 10.3 Å². The molecule has 1 aromatic heterocycles. The molecule has 3 atom stereocenters. The highest BCUT2D eigenvalue weighted by Crippen LogP contribution is 2.29. The van der Waals surface area contributed by atoms with E-state index < -0.39 is 5.97 Å². The molecular formula is C21H28FN3O4. The van der Waals surface area contributed by atoms with Crippen molar-refractivity contribution in [3.05, 3.63) is 35.8 Å². The Balaban J connectivity index is 0.000000552. The number of H-pyrrole nitrogens is 1. The summed E-state index contributed by atoms with van der Waals surface area (Å²) in [4.78, 5) is 26.9. The second-order valence-corrected chi connectivity index (χ2v) is 7.72. The van der Waals surface area contributed by atoms with E-state index in [1.54, 1.807) is 11.0 Å². The SMILES string of the molecule is CC(=O)O.CN(Cc1cc2cc(F)ccc2[nH]1)C(=O)[C@H]1CC[C@H]2OCCN[C@@H]2C1. The van der Waals surface area contributed by atoms with Crippen LogP contribution in [0.5, 0.6) is 0 Å². The Bertz CT molecular complexity index is 865. The second-order valence-electron chi connectivity index (χ2n) is 7.72. The minimum atomic E-state index is -0.833. The number of hydrogen-bond donors (Lipinski definition) is 3. The zero-order valence-corrected chi connectivity index (χ0v) is 16.8. The molecule has 2 aromatic rings.